The van der Waals surface area contributed by atoms with Crippen LogP contribution in [0.25, 0.3) is 16.8 Å². The van der Waals surface area contributed by atoms with Gasteiger partial charge in [-0.1, -0.05) is 84.7 Å². The number of rotatable bonds is 2. The first kappa shape index (κ1) is 13.5. The molecule has 20 heavy (non-hydrogen) atoms. The van der Waals surface area contributed by atoms with Gasteiger partial charge in [0.15, 0.2) is 0 Å². The van der Waals surface area contributed by atoms with E-state index in [0.29, 0.717) is 4.99 Å². The van der Waals surface area contributed by atoms with E-state index in [9.17, 15) is 0 Å². The maximum absolute atomic E-state index is 5.19. The van der Waals surface area contributed by atoms with E-state index in [1.54, 1.807) is 0 Å². The summed E-state index contributed by atoms with van der Waals surface area (Å²) in [5, 5.41) is 5.46. The molecule has 4 heteroatoms. The lowest BCUT2D eigenvalue weighted by atomic mass is 10.1. The van der Waals surface area contributed by atoms with E-state index in [0.717, 1.165) is 9.23 Å². The third-order valence-corrected chi connectivity index (χ3v) is 4.60. The molecular weight excluding hydrogens is 302 g/mol. The Morgan fingerprint density at radius 3 is 2.55 bits per heavy atom. The second kappa shape index (κ2) is 5.87. The minimum absolute atomic E-state index is 0.711. The zero-order valence-electron chi connectivity index (χ0n) is 10.5. The predicted octanol–water partition coefficient (Wildman–Crippen LogP) is 4.69. The van der Waals surface area contributed by atoms with Gasteiger partial charge in [-0.25, -0.2) is 0 Å². The molecule has 0 amide bonds. The number of fused-ring (bicyclic) bond motifs is 1. The molecule has 0 aromatic heterocycles. The first-order chi connectivity index (χ1) is 9.72. The van der Waals surface area contributed by atoms with Crippen molar-refractivity contribution < 1.29 is 0 Å². The van der Waals surface area contributed by atoms with Gasteiger partial charge in [0.25, 0.3) is 0 Å². The van der Waals surface area contributed by atoms with Crippen LogP contribution < -0.4 is 5.32 Å². The van der Waals surface area contributed by atoms with Gasteiger partial charge < -0.3 is 5.32 Å². The topological polar surface area (TPSA) is 12.0 Å². The Hall–Kier alpha value is -1.49. The number of nitrogens with one attached hydrogen (secondary N) is 1. The van der Waals surface area contributed by atoms with Crippen LogP contribution in [0.3, 0.4) is 0 Å². The average Bonchev–Trinajstić information content (AvgIpc) is 2.77. The summed E-state index contributed by atoms with van der Waals surface area (Å²) in [4.78, 5) is 1.71. The van der Waals surface area contributed by atoms with Gasteiger partial charge in [0.1, 0.15) is 9.31 Å². The fourth-order valence-electron chi connectivity index (χ4n) is 1.99. The van der Waals surface area contributed by atoms with Crippen molar-refractivity contribution in [2.24, 2.45) is 0 Å². The number of hydrogen-bond donors (Lipinski definition) is 1. The normalized spacial score (nSPS) is 17.3. The van der Waals surface area contributed by atoms with E-state index in [1.165, 1.54) is 28.1 Å². The average molecular weight is 313 g/mol. The third kappa shape index (κ3) is 2.98. The fraction of sp³-hybridized carbons (Fsp3) is 0. The molecule has 0 spiro atoms. The molecular formula is C16H11NS3. The van der Waals surface area contributed by atoms with Gasteiger partial charge in [0.05, 0.1) is 0 Å². The standard InChI is InChI=1S/C16H11NS3/c18-15-14(20-16(19)17-15)7-3-4-11-8-9-12-5-1-2-6-13(12)10-11/h1-10H,(H,17,18,19). The largest absolute Gasteiger partial charge is 0.331 e. The van der Waals surface area contributed by atoms with Crippen LogP contribution in [0.2, 0.25) is 0 Å². The lowest BCUT2D eigenvalue weighted by Crippen LogP contribution is -2.15. The molecule has 0 bridgehead atoms. The highest BCUT2D eigenvalue weighted by molar-refractivity contribution is 8.27. The van der Waals surface area contributed by atoms with Crippen LogP contribution in [-0.2, 0) is 0 Å². The molecule has 1 N–H and O–H groups in total. The van der Waals surface area contributed by atoms with Crippen molar-refractivity contribution in [3.63, 3.8) is 0 Å². The van der Waals surface area contributed by atoms with E-state index in [4.69, 9.17) is 24.4 Å². The van der Waals surface area contributed by atoms with Crippen LogP contribution in [0.4, 0.5) is 0 Å². The summed E-state index contributed by atoms with van der Waals surface area (Å²) in [7, 11) is 0. The summed E-state index contributed by atoms with van der Waals surface area (Å²) < 4.78 is 0.723. The minimum atomic E-state index is 0.711. The van der Waals surface area contributed by atoms with E-state index in [-0.39, 0.29) is 0 Å². The number of hydrogen-bond acceptors (Lipinski definition) is 3. The molecule has 98 valence electrons. The van der Waals surface area contributed by atoms with Crippen LogP contribution >= 0.6 is 36.2 Å². The van der Waals surface area contributed by atoms with E-state index >= 15 is 0 Å². The summed E-state index contributed by atoms with van der Waals surface area (Å²) >= 11 is 11.8. The summed E-state index contributed by atoms with van der Waals surface area (Å²) in [6.07, 6.45) is 6.08. The van der Waals surface area contributed by atoms with Gasteiger partial charge >= 0.3 is 0 Å². The maximum atomic E-state index is 5.19. The van der Waals surface area contributed by atoms with Crippen molar-refractivity contribution in [3.8, 4) is 0 Å². The smallest absolute Gasteiger partial charge is 0.143 e. The van der Waals surface area contributed by atoms with Crippen LogP contribution in [-0.4, -0.2) is 9.31 Å². The van der Waals surface area contributed by atoms with Gasteiger partial charge in [0, 0.05) is 4.91 Å². The Kier molecular flexibility index (Phi) is 3.96. The van der Waals surface area contributed by atoms with Gasteiger partial charge in [-0.05, 0) is 28.5 Å². The number of thiocarbonyl (C=S) groups is 2. The zero-order chi connectivity index (χ0) is 13.9. The molecule has 1 heterocycles. The van der Waals surface area contributed by atoms with Gasteiger partial charge in [-0.3, -0.25) is 0 Å². The van der Waals surface area contributed by atoms with E-state index < -0.39 is 0 Å². The van der Waals surface area contributed by atoms with E-state index in [2.05, 4.69) is 53.9 Å². The molecule has 3 rings (SSSR count). The van der Waals surface area contributed by atoms with E-state index in [1.807, 2.05) is 12.2 Å². The molecule has 0 unspecified atom stereocenters. The summed E-state index contributed by atoms with van der Waals surface area (Å²) in [6, 6.07) is 14.8. The first-order valence-electron chi connectivity index (χ1n) is 6.13. The van der Waals surface area contributed by atoms with Crippen molar-refractivity contribution in [1.82, 2.24) is 5.32 Å². The number of allylic oxidation sites excluding steroid dienone is 2. The van der Waals surface area contributed by atoms with Gasteiger partial charge in [-0.15, -0.1) is 0 Å². The predicted molar refractivity (Wildman–Crippen MR) is 97.0 cm³/mol. The molecule has 0 atom stereocenters. The van der Waals surface area contributed by atoms with Crippen LogP contribution in [0.15, 0.2) is 59.5 Å². The molecule has 0 aliphatic carbocycles. The van der Waals surface area contributed by atoms with Crippen molar-refractivity contribution in [2.45, 2.75) is 0 Å². The van der Waals surface area contributed by atoms with Crippen molar-refractivity contribution in [3.05, 3.63) is 65.1 Å². The minimum Gasteiger partial charge on any atom is -0.331 e. The molecule has 0 radical (unpaired) electrons. The second-order valence-electron chi connectivity index (χ2n) is 4.34. The Balaban J connectivity index is 1.82. The maximum Gasteiger partial charge on any atom is 0.143 e. The molecule has 1 fully saturated rings. The lowest BCUT2D eigenvalue weighted by Gasteiger charge is -1.98. The Morgan fingerprint density at radius 1 is 1.00 bits per heavy atom. The quantitative estimate of drug-likeness (QED) is 0.637. The molecule has 1 saturated heterocycles. The first-order valence-corrected chi connectivity index (χ1v) is 7.76. The Labute approximate surface area is 132 Å². The summed E-state index contributed by atoms with van der Waals surface area (Å²) in [5.74, 6) is 0. The number of benzene rings is 2. The molecule has 1 nitrogen and oxygen atoms in total. The second-order valence-corrected chi connectivity index (χ2v) is 6.47. The van der Waals surface area contributed by atoms with Crippen LogP contribution in [0.5, 0.6) is 0 Å². The third-order valence-electron chi connectivity index (χ3n) is 2.95. The van der Waals surface area contributed by atoms with Gasteiger partial charge in [0.2, 0.25) is 0 Å². The number of thioether (sulfide) groups is 1. The monoisotopic (exact) mass is 313 g/mol. The van der Waals surface area contributed by atoms with Crippen molar-refractivity contribution in [1.29, 1.82) is 0 Å². The summed E-state index contributed by atoms with van der Waals surface area (Å²) in [6.45, 7) is 0. The van der Waals surface area contributed by atoms with Crippen LogP contribution in [0.1, 0.15) is 5.56 Å². The Morgan fingerprint density at radius 2 is 1.80 bits per heavy atom. The highest BCUT2D eigenvalue weighted by Gasteiger charge is 2.17. The summed E-state index contributed by atoms with van der Waals surface area (Å²) in [5.41, 5.74) is 1.17. The van der Waals surface area contributed by atoms with Crippen molar-refractivity contribution in [2.75, 3.05) is 0 Å². The lowest BCUT2D eigenvalue weighted by molar-refractivity contribution is 1.52. The SMILES string of the molecule is S=C1NC(=S)C(=CC=Cc2ccc3ccccc3c2)S1. The molecule has 2 aromatic rings. The fourth-order valence-corrected chi connectivity index (χ4v) is 3.43. The van der Waals surface area contributed by atoms with Gasteiger partial charge in [-0.2, -0.15) is 0 Å². The highest BCUT2D eigenvalue weighted by Crippen LogP contribution is 2.24. The molecule has 1 aliphatic heterocycles. The van der Waals surface area contributed by atoms with Crippen LogP contribution in [0, 0.1) is 0 Å². The van der Waals surface area contributed by atoms with Crippen molar-refractivity contribution >= 4 is 62.4 Å². The Bertz CT molecular complexity index is 759. The molecule has 1 aliphatic rings. The zero-order valence-corrected chi connectivity index (χ0v) is 12.9. The highest BCUT2D eigenvalue weighted by atomic mass is 32.2. The molecule has 2 aromatic carbocycles. The molecule has 0 saturated carbocycles.